The van der Waals surface area contributed by atoms with Gasteiger partial charge in [-0.25, -0.2) is 4.79 Å². The maximum atomic E-state index is 12.7. The first-order chi connectivity index (χ1) is 16.8. The minimum Gasteiger partial charge on any atom is -0.508 e. The number of carboxylic acids is 1. The molecule has 14 nitrogen and oxygen atoms in total. The number of aliphatic hydroxyl groups excluding tert-OH is 1. The molecule has 0 radical (unpaired) electrons. The number of phenols is 1. The Bertz CT molecular complexity index is 967. The second kappa shape index (κ2) is 14.3. The number of aliphatic hydroxyl groups is 1. The molecule has 14 heteroatoms. The van der Waals surface area contributed by atoms with Crippen molar-refractivity contribution in [2.24, 2.45) is 0 Å². The Kier molecular flexibility index (Phi) is 11.8. The summed E-state index contributed by atoms with van der Waals surface area (Å²) in [5, 5.41) is 38.6. The molecule has 0 heterocycles. The largest absolute Gasteiger partial charge is 0.508 e. The third-order valence-electron chi connectivity index (χ3n) is 4.81. The number of nitrogens with one attached hydrogen (secondary N) is 5. The lowest BCUT2D eigenvalue weighted by Gasteiger charge is -2.22. The molecule has 0 aliphatic carbocycles. The highest BCUT2D eigenvalue weighted by Crippen LogP contribution is 2.11. The monoisotopic (exact) mass is 509 g/mol. The number of phenolic OH excluding ortho intramolecular Hbond substituents is 1. The van der Waals surface area contributed by atoms with Crippen LogP contribution >= 0.6 is 0 Å². The van der Waals surface area contributed by atoms with Crippen molar-refractivity contribution in [1.29, 1.82) is 0 Å². The average molecular weight is 510 g/mol. The van der Waals surface area contributed by atoms with Crippen LogP contribution in [0.15, 0.2) is 24.3 Å². The maximum absolute atomic E-state index is 12.7. The zero-order chi connectivity index (χ0) is 27.4. The van der Waals surface area contributed by atoms with Gasteiger partial charge in [-0.1, -0.05) is 12.1 Å². The molecule has 0 unspecified atom stereocenters. The number of hydrogen-bond donors (Lipinski definition) is 8. The van der Waals surface area contributed by atoms with Crippen LogP contribution in [0.3, 0.4) is 0 Å². The van der Waals surface area contributed by atoms with Gasteiger partial charge in [-0.2, -0.15) is 0 Å². The molecule has 1 rings (SSSR count). The van der Waals surface area contributed by atoms with Crippen LogP contribution in [0.1, 0.15) is 26.3 Å². The molecule has 0 bridgehead atoms. The van der Waals surface area contributed by atoms with E-state index < -0.39 is 72.8 Å². The number of aromatic hydroxyl groups is 1. The van der Waals surface area contributed by atoms with E-state index in [1.165, 1.54) is 32.9 Å². The summed E-state index contributed by atoms with van der Waals surface area (Å²) in [6.45, 7) is 2.52. The average Bonchev–Trinajstić information content (AvgIpc) is 2.81. The van der Waals surface area contributed by atoms with Crippen molar-refractivity contribution < 1.29 is 44.1 Å². The molecule has 0 fully saturated rings. The Morgan fingerprint density at radius 3 is 1.89 bits per heavy atom. The Balaban J connectivity index is 2.61. The molecule has 5 amide bonds. The van der Waals surface area contributed by atoms with Gasteiger partial charge >= 0.3 is 5.97 Å². The minimum atomic E-state index is -1.52. The maximum Gasteiger partial charge on any atom is 0.328 e. The fraction of sp³-hybridized carbons (Fsp3) is 0.455. The third kappa shape index (κ3) is 10.4. The number of carbonyl (C=O) groups excluding carboxylic acids is 5. The normalized spacial score (nSPS) is 13.8. The highest BCUT2D eigenvalue weighted by Gasteiger charge is 2.26. The summed E-state index contributed by atoms with van der Waals surface area (Å²) in [5.74, 6) is -4.85. The first kappa shape index (κ1) is 29.8. The number of amides is 5. The van der Waals surface area contributed by atoms with E-state index in [0.29, 0.717) is 5.56 Å². The van der Waals surface area contributed by atoms with Crippen LogP contribution in [0.5, 0.6) is 5.75 Å². The molecular weight excluding hydrogens is 478 g/mol. The quantitative estimate of drug-likeness (QED) is 0.137. The lowest BCUT2D eigenvalue weighted by Crippen LogP contribution is -2.56. The van der Waals surface area contributed by atoms with E-state index in [4.69, 9.17) is 10.2 Å². The molecule has 198 valence electrons. The lowest BCUT2D eigenvalue weighted by atomic mass is 10.0. The van der Waals surface area contributed by atoms with Crippen molar-refractivity contribution in [3.63, 3.8) is 0 Å². The fourth-order valence-electron chi connectivity index (χ4n) is 2.86. The third-order valence-corrected chi connectivity index (χ3v) is 4.81. The number of aliphatic carboxylic acids is 1. The van der Waals surface area contributed by atoms with Gasteiger partial charge in [0.2, 0.25) is 29.5 Å². The summed E-state index contributed by atoms with van der Waals surface area (Å²) < 4.78 is 0. The molecule has 4 atom stereocenters. The predicted molar refractivity (Wildman–Crippen MR) is 124 cm³/mol. The molecule has 0 saturated heterocycles. The van der Waals surface area contributed by atoms with Crippen LogP contribution in [-0.4, -0.2) is 88.1 Å². The molecule has 0 aromatic heterocycles. The van der Waals surface area contributed by atoms with E-state index >= 15 is 0 Å². The van der Waals surface area contributed by atoms with Gasteiger partial charge in [0.25, 0.3) is 0 Å². The Labute approximate surface area is 206 Å². The molecule has 1 aromatic carbocycles. The Morgan fingerprint density at radius 1 is 0.806 bits per heavy atom. The molecule has 0 saturated carbocycles. The van der Waals surface area contributed by atoms with Crippen LogP contribution in [0.2, 0.25) is 0 Å². The molecule has 8 N–H and O–H groups in total. The lowest BCUT2D eigenvalue weighted by molar-refractivity contribution is -0.142. The topological polar surface area (TPSA) is 223 Å². The van der Waals surface area contributed by atoms with Gasteiger partial charge in [-0.15, -0.1) is 0 Å². The predicted octanol–water partition coefficient (Wildman–Crippen LogP) is -2.87. The van der Waals surface area contributed by atoms with Crippen LogP contribution < -0.4 is 26.6 Å². The first-order valence-corrected chi connectivity index (χ1v) is 10.9. The van der Waals surface area contributed by atoms with Gasteiger partial charge in [-0.05, 0) is 31.5 Å². The minimum absolute atomic E-state index is 0.0398. The number of benzene rings is 1. The van der Waals surface area contributed by atoms with Gasteiger partial charge < -0.3 is 41.9 Å². The number of carboxylic acid groups (broad SMARTS) is 1. The highest BCUT2D eigenvalue weighted by atomic mass is 16.4. The van der Waals surface area contributed by atoms with E-state index in [0.717, 1.165) is 0 Å². The van der Waals surface area contributed by atoms with Gasteiger partial charge in [0.15, 0.2) is 0 Å². The van der Waals surface area contributed by atoms with Crippen molar-refractivity contribution in [1.82, 2.24) is 26.6 Å². The highest BCUT2D eigenvalue weighted by molar-refractivity contribution is 5.94. The van der Waals surface area contributed by atoms with Gasteiger partial charge in [-0.3, -0.25) is 24.0 Å². The van der Waals surface area contributed by atoms with Crippen LogP contribution in [0.25, 0.3) is 0 Å². The fourth-order valence-corrected chi connectivity index (χ4v) is 2.86. The Morgan fingerprint density at radius 2 is 1.36 bits per heavy atom. The van der Waals surface area contributed by atoms with Crippen molar-refractivity contribution in [3.8, 4) is 5.75 Å². The zero-order valence-corrected chi connectivity index (χ0v) is 20.0. The SMILES string of the molecule is CC(=O)N[C@@H](Cc1ccc(O)cc1)C(=O)N[C@@H](C)C(=O)N[C@@H](C)C(=O)NCC(=O)N[C@@H](CO)C(=O)O. The summed E-state index contributed by atoms with van der Waals surface area (Å²) in [4.78, 5) is 71.3. The number of carbonyl (C=O) groups is 6. The molecule has 0 spiro atoms. The second-order valence-corrected chi connectivity index (χ2v) is 7.94. The summed E-state index contributed by atoms with van der Waals surface area (Å²) in [7, 11) is 0. The number of hydrogen-bond acceptors (Lipinski definition) is 8. The summed E-state index contributed by atoms with van der Waals surface area (Å²) in [6.07, 6.45) is 0.0971. The summed E-state index contributed by atoms with van der Waals surface area (Å²) >= 11 is 0. The van der Waals surface area contributed by atoms with Crippen molar-refractivity contribution >= 4 is 35.5 Å². The summed E-state index contributed by atoms with van der Waals surface area (Å²) in [5.41, 5.74) is 0.654. The Hall–Kier alpha value is -4.20. The van der Waals surface area contributed by atoms with E-state index in [1.807, 2.05) is 5.32 Å². The van der Waals surface area contributed by atoms with Crippen LogP contribution in [0, 0.1) is 0 Å². The van der Waals surface area contributed by atoms with Gasteiger partial charge in [0, 0.05) is 13.3 Å². The first-order valence-electron chi connectivity index (χ1n) is 10.9. The van der Waals surface area contributed by atoms with Gasteiger partial charge in [0.1, 0.15) is 29.9 Å². The second-order valence-electron chi connectivity index (χ2n) is 7.94. The standard InChI is InChI=1S/C22H31N5O9/c1-11(19(32)23-9-18(31)27-17(10-28)22(35)36)24-20(33)12(2)25-21(34)16(26-13(3)29)8-14-4-6-15(30)7-5-14/h4-7,11-12,16-17,28,30H,8-10H2,1-3H3,(H,23,32)(H,24,33)(H,25,34)(H,26,29)(H,27,31)(H,35,36)/t11-,12-,16-,17-/m0/s1. The van der Waals surface area contributed by atoms with Crippen molar-refractivity contribution in [3.05, 3.63) is 29.8 Å². The zero-order valence-electron chi connectivity index (χ0n) is 20.0. The molecule has 36 heavy (non-hydrogen) atoms. The number of rotatable bonds is 13. The van der Waals surface area contributed by atoms with Crippen molar-refractivity contribution in [2.45, 2.75) is 51.4 Å². The molecule has 0 aliphatic heterocycles. The smallest absolute Gasteiger partial charge is 0.328 e. The molecule has 1 aromatic rings. The molecule has 0 aliphatic rings. The van der Waals surface area contributed by atoms with Crippen molar-refractivity contribution in [2.75, 3.05) is 13.2 Å². The molecular formula is C22H31N5O9. The van der Waals surface area contributed by atoms with E-state index in [1.54, 1.807) is 12.1 Å². The van der Waals surface area contributed by atoms with E-state index in [2.05, 4.69) is 21.3 Å². The summed E-state index contributed by atoms with van der Waals surface area (Å²) in [6, 6.07) is 1.30. The van der Waals surface area contributed by atoms with Crippen LogP contribution in [0.4, 0.5) is 0 Å². The van der Waals surface area contributed by atoms with Crippen LogP contribution in [-0.2, 0) is 35.2 Å². The van der Waals surface area contributed by atoms with Gasteiger partial charge in [0.05, 0.1) is 13.2 Å². The van der Waals surface area contributed by atoms with E-state index in [9.17, 15) is 33.9 Å². The van der Waals surface area contributed by atoms with E-state index in [-0.39, 0.29) is 12.2 Å².